The minimum Gasteiger partial charge on any atom is -0.462 e. The van der Waals surface area contributed by atoms with Crippen molar-refractivity contribution in [1.82, 2.24) is 5.32 Å². The molecule has 0 spiro atoms. The Morgan fingerprint density at radius 2 is 2.05 bits per heavy atom. The lowest BCUT2D eigenvalue weighted by molar-refractivity contribution is -0.118. The number of amides is 1. The molecule has 1 fully saturated rings. The predicted octanol–water partition coefficient (Wildman–Crippen LogP) is 1.18. The van der Waals surface area contributed by atoms with Crippen molar-refractivity contribution < 1.29 is 19.1 Å². The maximum Gasteiger partial charge on any atom is 0.338 e. The van der Waals surface area contributed by atoms with Gasteiger partial charge in [0, 0.05) is 19.3 Å². The van der Waals surface area contributed by atoms with Crippen LogP contribution in [0.5, 0.6) is 0 Å². The summed E-state index contributed by atoms with van der Waals surface area (Å²) in [5.41, 5.74) is 1.11. The van der Waals surface area contributed by atoms with Crippen molar-refractivity contribution in [3.8, 4) is 0 Å². The van der Waals surface area contributed by atoms with Crippen LogP contribution in [-0.2, 0) is 14.3 Å². The number of hydrogen-bond acceptors (Lipinski definition) is 5. The summed E-state index contributed by atoms with van der Waals surface area (Å²) in [6.07, 6.45) is 0.732. The third-order valence-electron chi connectivity index (χ3n) is 3.40. The van der Waals surface area contributed by atoms with E-state index in [9.17, 15) is 9.59 Å². The summed E-state index contributed by atoms with van der Waals surface area (Å²) >= 11 is 0. The lowest BCUT2D eigenvalue weighted by Gasteiger charge is -2.11. The van der Waals surface area contributed by atoms with E-state index in [4.69, 9.17) is 9.47 Å². The molecule has 2 unspecified atom stereocenters. The van der Waals surface area contributed by atoms with E-state index < -0.39 is 0 Å². The van der Waals surface area contributed by atoms with Crippen LogP contribution in [0.1, 0.15) is 23.7 Å². The van der Waals surface area contributed by atoms with Crippen molar-refractivity contribution >= 4 is 17.6 Å². The Morgan fingerprint density at radius 1 is 1.33 bits per heavy atom. The third-order valence-corrected chi connectivity index (χ3v) is 3.40. The predicted molar refractivity (Wildman–Crippen MR) is 78.2 cm³/mol. The van der Waals surface area contributed by atoms with Crippen molar-refractivity contribution in [2.45, 2.75) is 25.5 Å². The Bertz CT molecular complexity index is 501. The molecule has 2 rings (SSSR count). The van der Waals surface area contributed by atoms with Crippen molar-refractivity contribution in [3.05, 3.63) is 29.8 Å². The molecule has 0 aliphatic carbocycles. The molecule has 1 amide bonds. The van der Waals surface area contributed by atoms with Gasteiger partial charge >= 0.3 is 5.97 Å². The molecule has 0 saturated carbocycles. The second-order valence-corrected chi connectivity index (χ2v) is 4.84. The first-order valence-electron chi connectivity index (χ1n) is 6.98. The highest BCUT2D eigenvalue weighted by molar-refractivity contribution is 5.96. The Balaban J connectivity index is 1.91. The van der Waals surface area contributed by atoms with Crippen LogP contribution in [0.4, 0.5) is 5.69 Å². The normalized spacial score (nSPS) is 21.0. The third kappa shape index (κ3) is 4.03. The van der Waals surface area contributed by atoms with E-state index in [1.807, 2.05) is 0 Å². The molecule has 6 nitrogen and oxygen atoms in total. The highest BCUT2D eigenvalue weighted by atomic mass is 16.5. The van der Waals surface area contributed by atoms with Gasteiger partial charge in [0.1, 0.15) is 0 Å². The smallest absolute Gasteiger partial charge is 0.338 e. The number of hydrogen-bond donors (Lipinski definition) is 2. The summed E-state index contributed by atoms with van der Waals surface area (Å²) in [7, 11) is 1.64. The van der Waals surface area contributed by atoms with Gasteiger partial charge < -0.3 is 20.1 Å². The molecular weight excluding hydrogens is 272 g/mol. The molecule has 1 aliphatic heterocycles. The maximum atomic E-state index is 12.1. The van der Waals surface area contributed by atoms with Gasteiger partial charge in [-0.05, 0) is 37.6 Å². The standard InChI is InChI=1S/C15H20N2O4/c1-3-21-15(19)10-4-6-11(7-5-10)17-14(18)13-8-12(20-2)9-16-13/h4-7,12-13,16H,3,8-9H2,1-2H3,(H,17,18). The molecule has 1 heterocycles. The van der Waals surface area contributed by atoms with E-state index in [-0.39, 0.29) is 24.0 Å². The fourth-order valence-electron chi connectivity index (χ4n) is 2.22. The first-order chi connectivity index (χ1) is 10.1. The average molecular weight is 292 g/mol. The highest BCUT2D eigenvalue weighted by Crippen LogP contribution is 2.14. The van der Waals surface area contributed by atoms with Crippen LogP contribution >= 0.6 is 0 Å². The average Bonchev–Trinajstić information content (AvgIpc) is 2.97. The first-order valence-corrected chi connectivity index (χ1v) is 6.98. The van der Waals surface area contributed by atoms with Gasteiger partial charge in [-0.25, -0.2) is 4.79 Å². The van der Waals surface area contributed by atoms with Crippen LogP contribution < -0.4 is 10.6 Å². The molecule has 21 heavy (non-hydrogen) atoms. The maximum absolute atomic E-state index is 12.1. The zero-order chi connectivity index (χ0) is 15.2. The Kier molecular flexibility index (Phi) is 5.30. The zero-order valence-electron chi connectivity index (χ0n) is 12.2. The SMILES string of the molecule is CCOC(=O)c1ccc(NC(=O)C2CC(OC)CN2)cc1. The van der Waals surface area contributed by atoms with Gasteiger partial charge in [-0.15, -0.1) is 0 Å². The van der Waals surface area contributed by atoms with Crippen LogP contribution in [0.2, 0.25) is 0 Å². The Morgan fingerprint density at radius 3 is 2.62 bits per heavy atom. The zero-order valence-corrected chi connectivity index (χ0v) is 12.2. The fourth-order valence-corrected chi connectivity index (χ4v) is 2.22. The summed E-state index contributed by atoms with van der Waals surface area (Å²) in [4.78, 5) is 23.6. The van der Waals surface area contributed by atoms with Crippen molar-refractivity contribution in [1.29, 1.82) is 0 Å². The summed E-state index contributed by atoms with van der Waals surface area (Å²) in [6, 6.07) is 6.39. The van der Waals surface area contributed by atoms with Crippen LogP contribution in [0.3, 0.4) is 0 Å². The number of carbonyl (C=O) groups is 2. The van der Waals surface area contributed by atoms with Gasteiger partial charge in [0.15, 0.2) is 0 Å². The summed E-state index contributed by atoms with van der Waals surface area (Å²) in [6.45, 7) is 2.77. The minimum atomic E-state index is -0.365. The molecule has 6 heteroatoms. The van der Waals surface area contributed by atoms with Crippen LogP contribution in [0, 0.1) is 0 Å². The lowest BCUT2D eigenvalue weighted by Crippen LogP contribution is -2.35. The summed E-state index contributed by atoms with van der Waals surface area (Å²) in [5, 5.41) is 5.93. The Hall–Kier alpha value is -1.92. The highest BCUT2D eigenvalue weighted by Gasteiger charge is 2.29. The van der Waals surface area contributed by atoms with E-state index in [2.05, 4.69) is 10.6 Å². The number of carbonyl (C=O) groups excluding carboxylic acids is 2. The fraction of sp³-hybridized carbons (Fsp3) is 0.467. The molecule has 0 radical (unpaired) electrons. The number of anilines is 1. The first kappa shape index (κ1) is 15.5. The van der Waals surface area contributed by atoms with Crippen molar-refractivity contribution in [2.24, 2.45) is 0 Å². The number of methoxy groups -OCH3 is 1. The van der Waals surface area contributed by atoms with Crippen LogP contribution in [-0.4, -0.2) is 44.3 Å². The second kappa shape index (κ2) is 7.19. The summed E-state index contributed by atoms with van der Waals surface area (Å²) < 4.78 is 10.1. The van der Waals surface area contributed by atoms with Gasteiger partial charge in [-0.3, -0.25) is 4.79 Å². The molecule has 1 aromatic rings. The van der Waals surface area contributed by atoms with Gasteiger partial charge in [0.25, 0.3) is 0 Å². The molecule has 114 valence electrons. The van der Waals surface area contributed by atoms with E-state index in [0.717, 1.165) is 0 Å². The molecule has 1 aliphatic rings. The van der Waals surface area contributed by atoms with E-state index >= 15 is 0 Å². The summed E-state index contributed by atoms with van der Waals surface area (Å²) in [5.74, 6) is -0.464. The van der Waals surface area contributed by atoms with Gasteiger partial charge in [-0.2, -0.15) is 0 Å². The molecule has 2 N–H and O–H groups in total. The number of ether oxygens (including phenoxy) is 2. The monoisotopic (exact) mass is 292 g/mol. The minimum absolute atomic E-state index is 0.0759. The number of nitrogens with one attached hydrogen (secondary N) is 2. The largest absolute Gasteiger partial charge is 0.462 e. The second-order valence-electron chi connectivity index (χ2n) is 4.84. The van der Waals surface area contributed by atoms with E-state index in [0.29, 0.717) is 30.8 Å². The van der Waals surface area contributed by atoms with Crippen molar-refractivity contribution in [2.75, 3.05) is 25.6 Å². The van der Waals surface area contributed by atoms with Crippen LogP contribution in [0.15, 0.2) is 24.3 Å². The lowest BCUT2D eigenvalue weighted by atomic mass is 10.1. The molecule has 1 aromatic carbocycles. The molecule has 2 atom stereocenters. The molecule has 0 aromatic heterocycles. The van der Waals surface area contributed by atoms with Gasteiger partial charge in [0.05, 0.1) is 24.3 Å². The van der Waals surface area contributed by atoms with Gasteiger partial charge in [-0.1, -0.05) is 0 Å². The Labute approximate surface area is 123 Å². The van der Waals surface area contributed by atoms with Crippen molar-refractivity contribution in [3.63, 3.8) is 0 Å². The van der Waals surface area contributed by atoms with Gasteiger partial charge in [0.2, 0.25) is 5.91 Å². The molecule has 0 bridgehead atoms. The quantitative estimate of drug-likeness (QED) is 0.797. The number of benzene rings is 1. The topological polar surface area (TPSA) is 76.7 Å². The number of esters is 1. The number of rotatable bonds is 5. The van der Waals surface area contributed by atoms with Crippen LogP contribution in [0.25, 0.3) is 0 Å². The van der Waals surface area contributed by atoms with E-state index in [1.165, 1.54) is 0 Å². The van der Waals surface area contributed by atoms with E-state index in [1.54, 1.807) is 38.3 Å². The molecule has 1 saturated heterocycles. The molecular formula is C15H20N2O4.